The molecule has 0 unspecified atom stereocenters. The van der Waals surface area contributed by atoms with Gasteiger partial charge in [-0.1, -0.05) is 17.3 Å². The quantitative estimate of drug-likeness (QED) is 0.824. The third-order valence-electron chi connectivity index (χ3n) is 2.04. The monoisotopic (exact) mass is 236 g/mol. The summed E-state index contributed by atoms with van der Waals surface area (Å²) in [6.07, 6.45) is 0. The molecule has 0 fully saturated rings. The number of aliphatic hydroxyl groups is 1. The molecule has 5 heteroatoms. The number of thioether (sulfide) groups is 1. The maximum absolute atomic E-state index is 8.90. The summed E-state index contributed by atoms with van der Waals surface area (Å²) in [6, 6.07) is 7.76. The van der Waals surface area contributed by atoms with E-state index < -0.39 is 0 Å². The number of hydrogen-bond donors (Lipinski definition) is 1. The highest BCUT2D eigenvalue weighted by atomic mass is 32.2. The van der Waals surface area contributed by atoms with Crippen LogP contribution in [0.4, 0.5) is 0 Å². The number of aryl methyl sites for hydroxylation is 1. The van der Waals surface area contributed by atoms with Crippen molar-refractivity contribution in [3.63, 3.8) is 0 Å². The van der Waals surface area contributed by atoms with Crippen LogP contribution in [0, 0.1) is 6.92 Å². The van der Waals surface area contributed by atoms with Gasteiger partial charge in [0.2, 0.25) is 5.89 Å². The second kappa shape index (κ2) is 5.14. The Morgan fingerprint density at radius 1 is 1.31 bits per heavy atom. The molecule has 0 aliphatic heterocycles. The first kappa shape index (κ1) is 11.2. The van der Waals surface area contributed by atoms with E-state index in [2.05, 4.69) is 10.1 Å². The van der Waals surface area contributed by atoms with Gasteiger partial charge in [-0.3, -0.25) is 0 Å². The molecule has 84 valence electrons. The van der Waals surface area contributed by atoms with Gasteiger partial charge < -0.3 is 9.63 Å². The summed E-state index contributed by atoms with van der Waals surface area (Å²) in [7, 11) is 0. The molecule has 1 aromatic carbocycles. The minimum Gasteiger partial charge on any atom is -0.392 e. The van der Waals surface area contributed by atoms with Gasteiger partial charge in [0.1, 0.15) is 0 Å². The van der Waals surface area contributed by atoms with Crippen molar-refractivity contribution in [1.82, 2.24) is 10.1 Å². The van der Waals surface area contributed by atoms with Crippen LogP contribution in [0.2, 0.25) is 0 Å². The van der Waals surface area contributed by atoms with E-state index in [1.165, 1.54) is 0 Å². The third kappa shape index (κ3) is 2.84. The van der Waals surface area contributed by atoms with E-state index >= 15 is 0 Å². The molecule has 0 aliphatic carbocycles. The average molecular weight is 236 g/mol. The van der Waals surface area contributed by atoms with Crippen molar-refractivity contribution in [2.75, 3.05) is 0 Å². The third-order valence-corrected chi connectivity index (χ3v) is 3.05. The minimum absolute atomic E-state index is 0.0784. The lowest BCUT2D eigenvalue weighted by Crippen LogP contribution is -1.85. The lowest BCUT2D eigenvalue weighted by Gasteiger charge is -1.99. The molecule has 0 amide bonds. The molecule has 2 rings (SSSR count). The normalized spacial score (nSPS) is 10.6. The lowest BCUT2D eigenvalue weighted by molar-refractivity contribution is 0.282. The highest BCUT2D eigenvalue weighted by Gasteiger charge is 2.03. The first-order valence-corrected chi connectivity index (χ1v) is 5.88. The second-order valence-electron chi connectivity index (χ2n) is 3.32. The Balaban J connectivity index is 1.94. The molecule has 0 saturated heterocycles. The highest BCUT2D eigenvalue weighted by molar-refractivity contribution is 7.98. The highest BCUT2D eigenvalue weighted by Crippen LogP contribution is 2.21. The van der Waals surface area contributed by atoms with E-state index in [9.17, 15) is 0 Å². The fraction of sp³-hybridized carbons (Fsp3) is 0.273. The van der Waals surface area contributed by atoms with E-state index in [1.54, 1.807) is 18.7 Å². The molecule has 0 atom stereocenters. The number of aliphatic hydroxyl groups excluding tert-OH is 1. The average Bonchev–Trinajstić information content (AvgIpc) is 2.73. The van der Waals surface area contributed by atoms with Crippen molar-refractivity contribution in [2.24, 2.45) is 0 Å². The van der Waals surface area contributed by atoms with Crippen LogP contribution in [0.3, 0.4) is 0 Å². The predicted molar refractivity (Wildman–Crippen MR) is 61.0 cm³/mol. The molecule has 0 radical (unpaired) electrons. The molecular formula is C11H12N2O2S. The number of nitrogens with zero attached hydrogens (tertiary/aromatic N) is 2. The summed E-state index contributed by atoms with van der Waals surface area (Å²) in [5.41, 5.74) is 0.916. The molecule has 0 spiro atoms. The Kier molecular flexibility index (Phi) is 3.58. The van der Waals surface area contributed by atoms with Crippen molar-refractivity contribution < 1.29 is 9.63 Å². The van der Waals surface area contributed by atoms with Crippen LogP contribution >= 0.6 is 11.8 Å². The minimum atomic E-state index is 0.0784. The Bertz CT molecular complexity index is 453. The maximum Gasteiger partial charge on any atom is 0.223 e. The molecule has 1 aromatic heterocycles. The van der Waals surface area contributed by atoms with Gasteiger partial charge in [0.25, 0.3) is 0 Å². The fourth-order valence-electron chi connectivity index (χ4n) is 1.24. The van der Waals surface area contributed by atoms with E-state index in [4.69, 9.17) is 9.63 Å². The van der Waals surface area contributed by atoms with Crippen LogP contribution in [0.15, 0.2) is 33.7 Å². The van der Waals surface area contributed by atoms with Crippen LogP contribution in [-0.4, -0.2) is 15.2 Å². The zero-order valence-electron chi connectivity index (χ0n) is 8.88. The SMILES string of the molecule is Cc1nc(CSc2ccc(CO)cc2)no1. The summed E-state index contributed by atoms with van der Waals surface area (Å²) in [4.78, 5) is 5.25. The van der Waals surface area contributed by atoms with Crippen LogP contribution in [-0.2, 0) is 12.4 Å². The van der Waals surface area contributed by atoms with Crippen molar-refractivity contribution in [2.45, 2.75) is 24.2 Å². The Morgan fingerprint density at radius 3 is 2.62 bits per heavy atom. The van der Waals surface area contributed by atoms with Gasteiger partial charge in [0.05, 0.1) is 12.4 Å². The summed E-state index contributed by atoms with van der Waals surface area (Å²) in [5, 5.41) is 12.7. The largest absolute Gasteiger partial charge is 0.392 e. The van der Waals surface area contributed by atoms with Crippen molar-refractivity contribution >= 4 is 11.8 Å². The van der Waals surface area contributed by atoms with E-state index in [0.717, 1.165) is 10.5 Å². The summed E-state index contributed by atoms with van der Waals surface area (Å²) in [5.74, 6) is 1.98. The topological polar surface area (TPSA) is 59.2 Å². The zero-order valence-corrected chi connectivity index (χ0v) is 9.70. The molecule has 1 heterocycles. The zero-order chi connectivity index (χ0) is 11.4. The lowest BCUT2D eigenvalue weighted by atomic mass is 10.2. The molecule has 0 saturated carbocycles. The second-order valence-corrected chi connectivity index (χ2v) is 4.37. The predicted octanol–water partition coefficient (Wildman–Crippen LogP) is 2.16. The van der Waals surface area contributed by atoms with Crippen molar-refractivity contribution in [3.05, 3.63) is 41.5 Å². The first-order chi connectivity index (χ1) is 7.78. The van der Waals surface area contributed by atoms with Gasteiger partial charge in [-0.05, 0) is 17.7 Å². The molecule has 2 aromatic rings. The molecule has 1 N–H and O–H groups in total. The summed E-state index contributed by atoms with van der Waals surface area (Å²) < 4.78 is 4.88. The van der Waals surface area contributed by atoms with Gasteiger partial charge in [0, 0.05) is 11.8 Å². The van der Waals surface area contributed by atoms with Crippen LogP contribution in [0.5, 0.6) is 0 Å². The van der Waals surface area contributed by atoms with Crippen LogP contribution < -0.4 is 0 Å². The molecule has 16 heavy (non-hydrogen) atoms. The molecular weight excluding hydrogens is 224 g/mol. The van der Waals surface area contributed by atoms with Crippen molar-refractivity contribution in [1.29, 1.82) is 0 Å². The number of hydrogen-bond acceptors (Lipinski definition) is 5. The molecule has 0 bridgehead atoms. The Morgan fingerprint density at radius 2 is 2.06 bits per heavy atom. The van der Waals surface area contributed by atoms with Gasteiger partial charge >= 0.3 is 0 Å². The van der Waals surface area contributed by atoms with Crippen LogP contribution in [0.25, 0.3) is 0 Å². The van der Waals surface area contributed by atoms with E-state index in [0.29, 0.717) is 17.5 Å². The fourth-order valence-corrected chi connectivity index (χ4v) is 1.98. The first-order valence-electron chi connectivity index (χ1n) is 4.90. The van der Waals surface area contributed by atoms with Gasteiger partial charge in [-0.25, -0.2) is 0 Å². The van der Waals surface area contributed by atoms with E-state index in [1.807, 2.05) is 24.3 Å². The Labute approximate surface area is 97.7 Å². The summed E-state index contributed by atoms with van der Waals surface area (Å²) in [6.45, 7) is 1.85. The number of aromatic nitrogens is 2. The van der Waals surface area contributed by atoms with Crippen LogP contribution in [0.1, 0.15) is 17.3 Å². The molecule has 0 aliphatic rings. The van der Waals surface area contributed by atoms with Crippen molar-refractivity contribution in [3.8, 4) is 0 Å². The number of rotatable bonds is 4. The van der Waals surface area contributed by atoms with Gasteiger partial charge in [-0.15, -0.1) is 11.8 Å². The summed E-state index contributed by atoms with van der Waals surface area (Å²) >= 11 is 1.64. The maximum atomic E-state index is 8.90. The Hall–Kier alpha value is -1.33. The number of benzene rings is 1. The van der Waals surface area contributed by atoms with Gasteiger partial charge in [0.15, 0.2) is 5.82 Å². The smallest absolute Gasteiger partial charge is 0.223 e. The standard InChI is InChI=1S/C11H12N2O2S/c1-8-12-11(13-15-8)7-16-10-4-2-9(6-14)3-5-10/h2-5,14H,6-7H2,1H3. The van der Waals surface area contributed by atoms with Gasteiger partial charge in [-0.2, -0.15) is 4.98 Å². The molecule has 4 nitrogen and oxygen atoms in total. The van der Waals surface area contributed by atoms with E-state index in [-0.39, 0.29) is 6.61 Å².